The van der Waals surface area contributed by atoms with E-state index in [-0.39, 0.29) is 5.91 Å². The van der Waals surface area contributed by atoms with Crippen molar-refractivity contribution >= 4 is 5.91 Å². The highest BCUT2D eigenvalue weighted by Crippen LogP contribution is 2.12. The van der Waals surface area contributed by atoms with Crippen LogP contribution in [0.1, 0.15) is 18.9 Å². The third-order valence-corrected chi connectivity index (χ3v) is 2.87. The van der Waals surface area contributed by atoms with Gasteiger partial charge in [0.2, 0.25) is 0 Å². The van der Waals surface area contributed by atoms with Gasteiger partial charge in [-0.15, -0.1) is 0 Å². The number of carbonyl (C=O) groups is 1. The summed E-state index contributed by atoms with van der Waals surface area (Å²) in [5, 5.41) is 2.87. The molecule has 1 N–H and O–H groups in total. The summed E-state index contributed by atoms with van der Waals surface area (Å²) in [5.41, 5.74) is 0.968. The van der Waals surface area contributed by atoms with Crippen molar-refractivity contribution in [3.05, 3.63) is 60.4 Å². The van der Waals surface area contributed by atoms with Crippen LogP contribution in [0, 0.1) is 0 Å². The van der Waals surface area contributed by atoms with Crippen LogP contribution in [-0.2, 0) is 11.3 Å². The number of ether oxygens (including phenoxy) is 1. The average molecular weight is 270 g/mol. The fourth-order valence-corrected chi connectivity index (χ4v) is 1.79. The first kappa shape index (κ1) is 14.1. The van der Waals surface area contributed by atoms with Gasteiger partial charge in [0.25, 0.3) is 5.91 Å². The van der Waals surface area contributed by atoms with Crippen molar-refractivity contribution in [1.82, 2.24) is 10.3 Å². The standard InChI is InChI=1S/C16H18N2O2/c1-2-15(20-14-8-4-3-5-9-14)16(19)18-12-13-7-6-10-17-11-13/h3-11,15H,2,12H2,1H3,(H,18,19)/t15-/m1/s1. The highest BCUT2D eigenvalue weighted by molar-refractivity contribution is 5.81. The summed E-state index contributed by atoms with van der Waals surface area (Å²) in [6, 6.07) is 13.1. The van der Waals surface area contributed by atoms with E-state index >= 15 is 0 Å². The fourth-order valence-electron chi connectivity index (χ4n) is 1.79. The van der Waals surface area contributed by atoms with Crippen molar-refractivity contribution in [1.29, 1.82) is 0 Å². The number of nitrogens with one attached hydrogen (secondary N) is 1. The van der Waals surface area contributed by atoms with Gasteiger partial charge >= 0.3 is 0 Å². The van der Waals surface area contributed by atoms with E-state index in [4.69, 9.17) is 4.74 Å². The molecule has 1 amide bonds. The SMILES string of the molecule is CC[C@@H](Oc1ccccc1)C(=O)NCc1cccnc1. The number of carbonyl (C=O) groups excluding carboxylic acids is 1. The topological polar surface area (TPSA) is 51.2 Å². The molecule has 2 rings (SSSR count). The van der Waals surface area contributed by atoms with E-state index < -0.39 is 6.10 Å². The first-order valence-electron chi connectivity index (χ1n) is 6.68. The average Bonchev–Trinajstić information content (AvgIpc) is 2.52. The quantitative estimate of drug-likeness (QED) is 0.877. The molecule has 0 radical (unpaired) electrons. The van der Waals surface area contributed by atoms with E-state index in [0.717, 1.165) is 5.56 Å². The molecule has 0 aliphatic heterocycles. The van der Waals surface area contributed by atoms with E-state index in [1.165, 1.54) is 0 Å². The van der Waals surface area contributed by atoms with Crippen LogP contribution < -0.4 is 10.1 Å². The maximum absolute atomic E-state index is 12.1. The van der Waals surface area contributed by atoms with Crippen LogP contribution in [-0.4, -0.2) is 17.0 Å². The van der Waals surface area contributed by atoms with Crippen LogP contribution in [0.2, 0.25) is 0 Å². The molecule has 1 aromatic carbocycles. The number of hydrogen-bond acceptors (Lipinski definition) is 3. The van der Waals surface area contributed by atoms with E-state index in [0.29, 0.717) is 18.7 Å². The Labute approximate surface area is 118 Å². The summed E-state index contributed by atoms with van der Waals surface area (Å²) in [4.78, 5) is 16.1. The van der Waals surface area contributed by atoms with Gasteiger partial charge in [-0.3, -0.25) is 9.78 Å². The summed E-state index contributed by atoms with van der Waals surface area (Å²) in [5.74, 6) is 0.594. The Hall–Kier alpha value is -2.36. The molecule has 0 spiro atoms. The molecule has 1 atom stereocenters. The Kier molecular flexibility index (Phi) is 5.12. The Morgan fingerprint density at radius 3 is 2.70 bits per heavy atom. The van der Waals surface area contributed by atoms with Crippen LogP contribution in [0.3, 0.4) is 0 Å². The second-order valence-electron chi connectivity index (χ2n) is 4.41. The van der Waals surface area contributed by atoms with Crippen molar-refractivity contribution in [3.8, 4) is 5.75 Å². The number of nitrogens with zero attached hydrogens (tertiary/aromatic N) is 1. The van der Waals surface area contributed by atoms with Crippen LogP contribution in [0.5, 0.6) is 5.75 Å². The number of rotatable bonds is 6. The Balaban J connectivity index is 1.89. The Morgan fingerprint density at radius 1 is 1.25 bits per heavy atom. The van der Waals surface area contributed by atoms with Gasteiger partial charge in [-0.25, -0.2) is 0 Å². The molecule has 1 heterocycles. The van der Waals surface area contributed by atoms with Crippen LogP contribution in [0.25, 0.3) is 0 Å². The zero-order chi connectivity index (χ0) is 14.2. The normalized spacial score (nSPS) is 11.7. The predicted octanol–water partition coefficient (Wildman–Crippen LogP) is 2.56. The van der Waals surface area contributed by atoms with Crippen LogP contribution >= 0.6 is 0 Å². The van der Waals surface area contributed by atoms with Crippen molar-refractivity contribution in [2.45, 2.75) is 26.0 Å². The second kappa shape index (κ2) is 7.28. The van der Waals surface area contributed by atoms with Gasteiger partial charge in [-0.05, 0) is 30.2 Å². The van der Waals surface area contributed by atoms with Gasteiger partial charge < -0.3 is 10.1 Å². The molecule has 1 aromatic heterocycles. The fraction of sp³-hybridized carbons (Fsp3) is 0.250. The van der Waals surface area contributed by atoms with E-state index in [9.17, 15) is 4.79 Å². The van der Waals surface area contributed by atoms with Crippen molar-refractivity contribution in [3.63, 3.8) is 0 Å². The Bertz CT molecular complexity index is 529. The molecule has 0 aliphatic rings. The van der Waals surface area contributed by atoms with Crippen LogP contribution in [0.4, 0.5) is 0 Å². The largest absolute Gasteiger partial charge is 0.481 e. The third kappa shape index (κ3) is 4.09. The summed E-state index contributed by atoms with van der Waals surface area (Å²) >= 11 is 0. The molecule has 0 unspecified atom stereocenters. The summed E-state index contributed by atoms with van der Waals surface area (Å²) in [7, 11) is 0. The van der Waals surface area contributed by atoms with E-state index in [1.807, 2.05) is 49.4 Å². The molecule has 4 heteroatoms. The van der Waals surface area contributed by atoms with Crippen molar-refractivity contribution in [2.24, 2.45) is 0 Å². The number of amides is 1. The van der Waals surface area contributed by atoms with E-state index in [2.05, 4.69) is 10.3 Å². The highest BCUT2D eigenvalue weighted by atomic mass is 16.5. The smallest absolute Gasteiger partial charge is 0.261 e. The maximum atomic E-state index is 12.1. The first-order chi connectivity index (χ1) is 9.79. The molecule has 0 saturated heterocycles. The lowest BCUT2D eigenvalue weighted by atomic mass is 10.2. The van der Waals surface area contributed by atoms with Crippen molar-refractivity contribution in [2.75, 3.05) is 0 Å². The molecule has 104 valence electrons. The number of pyridine rings is 1. The molecule has 20 heavy (non-hydrogen) atoms. The molecule has 4 nitrogen and oxygen atoms in total. The molecule has 0 aliphatic carbocycles. The summed E-state index contributed by atoms with van der Waals surface area (Å²) < 4.78 is 5.69. The second-order valence-corrected chi connectivity index (χ2v) is 4.41. The van der Waals surface area contributed by atoms with Crippen molar-refractivity contribution < 1.29 is 9.53 Å². The van der Waals surface area contributed by atoms with Gasteiger partial charge in [0.05, 0.1) is 0 Å². The first-order valence-corrected chi connectivity index (χ1v) is 6.68. The molecular weight excluding hydrogens is 252 g/mol. The summed E-state index contributed by atoms with van der Waals surface area (Å²) in [6.45, 7) is 2.39. The summed E-state index contributed by atoms with van der Waals surface area (Å²) in [6.07, 6.45) is 3.58. The minimum absolute atomic E-state index is 0.111. The monoisotopic (exact) mass is 270 g/mol. The van der Waals surface area contributed by atoms with Gasteiger partial charge in [0, 0.05) is 18.9 Å². The number of aromatic nitrogens is 1. The molecular formula is C16H18N2O2. The van der Waals surface area contributed by atoms with Crippen LogP contribution in [0.15, 0.2) is 54.9 Å². The Morgan fingerprint density at radius 2 is 2.05 bits per heavy atom. The lowest BCUT2D eigenvalue weighted by molar-refractivity contribution is -0.128. The zero-order valence-electron chi connectivity index (χ0n) is 11.5. The zero-order valence-corrected chi connectivity index (χ0v) is 11.5. The predicted molar refractivity (Wildman–Crippen MR) is 77.2 cm³/mol. The molecule has 0 bridgehead atoms. The number of para-hydroxylation sites is 1. The van der Waals surface area contributed by atoms with Gasteiger partial charge in [-0.1, -0.05) is 31.2 Å². The number of hydrogen-bond donors (Lipinski definition) is 1. The third-order valence-electron chi connectivity index (χ3n) is 2.87. The lowest BCUT2D eigenvalue weighted by Gasteiger charge is -2.17. The van der Waals surface area contributed by atoms with Gasteiger partial charge in [-0.2, -0.15) is 0 Å². The van der Waals surface area contributed by atoms with E-state index in [1.54, 1.807) is 12.4 Å². The minimum Gasteiger partial charge on any atom is -0.481 e. The highest BCUT2D eigenvalue weighted by Gasteiger charge is 2.17. The molecule has 0 saturated carbocycles. The van der Waals surface area contributed by atoms with Gasteiger partial charge in [0.15, 0.2) is 6.10 Å². The molecule has 0 fully saturated rings. The minimum atomic E-state index is -0.478. The maximum Gasteiger partial charge on any atom is 0.261 e. The van der Waals surface area contributed by atoms with Gasteiger partial charge in [0.1, 0.15) is 5.75 Å². The number of benzene rings is 1. The molecule has 2 aromatic rings. The lowest BCUT2D eigenvalue weighted by Crippen LogP contribution is -2.37.